The molecule has 0 spiro atoms. The zero-order valence-corrected chi connectivity index (χ0v) is 20.1. The van der Waals surface area contributed by atoms with Gasteiger partial charge in [0.15, 0.2) is 0 Å². The van der Waals surface area contributed by atoms with E-state index < -0.39 is 0 Å². The number of nitrogens with two attached hydrogens (primary N) is 1. The van der Waals surface area contributed by atoms with E-state index in [2.05, 4.69) is 59.9 Å². The smallest absolute Gasteiger partial charge is 0.255 e. The van der Waals surface area contributed by atoms with Gasteiger partial charge in [0.25, 0.3) is 5.91 Å². The second kappa shape index (κ2) is 9.18. The van der Waals surface area contributed by atoms with Gasteiger partial charge >= 0.3 is 0 Å². The fourth-order valence-corrected chi connectivity index (χ4v) is 5.03. The van der Waals surface area contributed by atoms with Crippen molar-refractivity contribution in [2.45, 2.75) is 24.3 Å². The second-order valence-electron chi connectivity index (χ2n) is 9.49. The van der Waals surface area contributed by atoms with Crippen LogP contribution in [-0.4, -0.2) is 11.4 Å². The molecule has 1 aliphatic rings. The topological polar surface area (TPSA) is 55.1 Å². The van der Waals surface area contributed by atoms with Crippen LogP contribution in [0.2, 0.25) is 0 Å². The minimum atomic E-state index is -0.210. The molecule has 1 fully saturated rings. The van der Waals surface area contributed by atoms with Gasteiger partial charge in [-0.05, 0) is 69.8 Å². The Morgan fingerprint density at radius 3 is 2.06 bits per heavy atom. The summed E-state index contributed by atoms with van der Waals surface area (Å²) in [5, 5.41) is 7.72. The molecule has 5 aromatic rings. The van der Waals surface area contributed by atoms with Crippen molar-refractivity contribution in [3.63, 3.8) is 0 Å². The summed E-state index contributed by atoms with van der Waals surface area (Å²) in [7, 11) is 0. The minimum absolute atomic E-state index is 0. The maximum absolute atomic E-state index is 12.8. The number of halogens is 1. The van der Waals surface area contributed by atoms with Crippen LogP contribution >= 0.6 is 12.4 Å². The quantitative estimate of drug-likeness (QED) is 0.283. The summed E-state index contributed by atoms with van der Waals surface area (Å²) < 4.78 is 0. The van der Waals surface area contributed by atoms with Crippen molar-refractivity contribution in [3.05, 3.63) is 126 Å². The lowest BCUT2D eigenvalue weighted by atomic mass is 9.97. The lowest BCUT2D eigenvalue weighted by molar-refractivity contribution is 0.102. The molecule has 0 aliphatic heterocycles. The Balaban J connectivity index is 0.00000253. The monoisotopic (exact) mass is 478 g/mol. The predicted octanol–water partition coefficient (Wildman–Crippen LogP) is 7.09. The normalized spacial score (nSPS) is 18.7. The van der Waals surface area contributed by atoms with Crippen LogP contribution in [0, 0.1) is 0 Å². The number of fused-ring (bicyclic) bond motifs is 2. The van der Waals surface area contributed by atoms with E-state index in [9.17, 15) is 4.79 Å². The van der Waals surface area contributed by atoms with Crippen LogP contribution in [0.15, 0.2) is 109 Å². The summed E-state index contributed by atoms with van der Waals surface area (Å²) >= 11 is 0. The Bertz CT molecular complexity index is 1530. The van der Waals surface area contributed by atoms with Crippen LogP contribution in [0.25, 0.3) is 21.5 Å². The molecule has 1 saturated carbocycles. The van der Waals surface area contributed by atoms with Crippen LogP contribution < -0.4 is 11.1 Å². The molecule has 0 unspecified atom stereocenters. The number of amides is 1. The zero-order chi connectivity index (χ0) is 23.1. The van der Waals surface area contributed by atoms with Gasteiger partial charge in [-0.15, -0.1) is 12.4 Å². The molecular weight excluding hydrogens is 452 g/mol. The van der Waals surface area contributed by atoms with Crippen molar-refractivity contribution < 1.29 is 4.79 Å². The molecule has 6 rings (SSSR count). The first-order valence-corrected chi connectivity index (χ1v) is 11.7. The number of carbonyl (C=O) groups is 1. The fourth-order valence-electron chi connectivity index (χ4n) is 5.03. The molecule has 2 atom stereocenters. The summed E-state index contributed by atoms with van der Waals surface area (Å²) in [5.41, 5.74) is 10.5. The Morgan fingerprint density at radius 2 is 1.37 bits per heavy atom. The van der Waals surface area contributed by atoms with E-state index in [4.69, 9.17) is 5.73 Å². The van der Waals surface area contributed by atoms with Crippen molar-refractivity contribution >= 4 is 45.5 Å². The highest BCUT2D eigenvalue weighted by molar-refractivity contribution is 6.06. The first-order chi connectivity index (χ1) is 16.6. The maximum Gasteiger partial charge on any atom is 0.255 e. The van der Waals surface area contributed by atoms with Crippen molar-refractivity contribution in [1.82, 2.24) is 0 Å². The highest BCUT2D eigenvalue weighted by Gasteiger charge is 2.51. The Morgan fingerprint density at radius 1 is 0.771 bits per heavy atom. The molecular formula is C31H27ClN2O. The number of anilines is 1. The summed E-state index contributed by atoms with van der Waals surface area (Å²) in [6.07, 6.45) is 1.84. The van der Waals surface area contributed by atoms with Crippen LogP contribution in [0.3, 0.4) is 0 Å². The van der Waals surface area contributed by atoms with Gasteiger partial charge in [0.05, 0.1) is 0 Å². The standard InChI is InChI=1S/C31H26N2O.ClH/c32-31(19-21-9-10-22-5-1-3-7-25(22)17-21)20-29(31)24-13-15-28(16-14-24)33-30(34)27-12-11-23-6-2-4-8-26(23)18-27;/h1-18,29H,19-20,32H2,(H,33,34);1H/t29-,31-;/m0./s1. The Hall–Kier alpha value is -3.66. The largest absolute Gasteiger partial charge is 0.324 e. The van der Waals surface area contributed by atoms with Gasteiger partial charge in [0, 0.05) is 22.7 Å². The van der Waals surface area contributed by atoms with Crippen LogP contribution in [0.5, 0.6) is 0 Å². The molecule has 3 nitrogen and oxygen atoms in total. The molecule has 0 aromatic heterocycles. The fraction of sp³-hybridized carbons (Fsp3) is 0.129. The summed E-state index contributed by atoms with van der Waals surface area (Å²) in [6, 6.07) is 37.0. The molecule has 1 aliphatic carbocycles. The highest BCUT2D eigenvalue weighted by Crippen LogP contribution is 2.51. The van der Waals surface area contributed by atoms with Crippen molar-refractivity contribution in [3.8, 4) is 0 Å². The van der Waals surface area contributed by atoms with Crippen molar-refractivity contribution in [2.75, 3.05) is 5.32 Å². The molecule has 0 radical (unpaired) electrons. The molecule has 3 N–H and O–H groups in total. The SMILES string of the molecule is Cl.N[C@@]1(Cc2ccc3ccccc3c2)C[C@H]1c1ccc(NC(=O)c2ccc3ccccc3c2)cc1. The molecule has 1 amide bonds. The minimum Gasteiger partial charge on any atom is -0.324 e. The lowest BCUT2D eigenvalue weighted by Gasteiger charge is -2.13. The van der Waals surface area contributed by atoms with E-state index in [0.717, 1.165) is 29.3 Å². The van der Waals surface area contributed by atoms with Gasteiger partial charge in [0.2, 0.25) is 0 Å². The van der Waals surface area contributed by atoms with Gasteiger partial charge in [-0.2, -0.15) is 0 Å². The maximum atomic E-state index is 12.8. The number of hydrogen-bond acceptors (Lipinski definition) is 2. The third kappa shape index (κ3) is 4.66. The number of benzene rings is 5. The van der Waals surface area contributed by atoms with E-state index in [1.807, 2.05) is 54.6 Å². The Kier molecular flexibility index (Phi) is 6.06. The number of nitrogens with one attached hydrogen (secondary N) is 1. The van der Waals surface area contributed by atoms with Gasteiger partial charge in [0.1, 0.15) is 0 Å². The van der Waals surface area contributed by atoms with Gasteiger partial charge in [-0.3, -0.25) is 4.79 Å². The Labute approximate surface area is 211 Å². The zero-order valence-electron chi connectivity index (χ0n) is 19.3. The average molecular weight is 479 g/mol. The van der Waals surface area contributed by atoms with E-state index in [1.165, 1.54) is 21.9 Å². The summed E-state index contributed by atoms with van der Waals surface area (Å²) in [6.45, 7) is 0. The molecule has 174 valence electrons. The average Bonchev–Trinajstić information content (AvgIpc) is 3.54. The molecule has 0 bridgehead atoms. The molecule has 4 heteroatoms. The number of hydrogen-bond donors (Lipinski definition) is 2. The van der Waals surface area contributed by atoms with Gasteiger partial charge in [-0.1, -0.05) is 84.9 Å². The van der Waals surface area contributed by atoms with Crippen LogP contribution in [0.4, 0.5) is 5.69 Å². The van der Waals surface area contributed by atoms with Crippen molar-refractivity contribution in [2.24, 2.45) is 5.73 Å². The van der Waals surface area contributed by atoms with E-state index in [1.54, 1.807) is 0 Å². The third-order valence-electron chi connectivity index (χ3n) is 7.05. The van der Waals surface area contributed by atoms with E-state index in [-0.39, 0.29) is 23.9 Å². The third-order valence-corrected chi connectivity index (χ3v) is 7.05. The number of rotatable bonds is 5. The molecule has 0 saturated heterocycles. The molecule has 35 heavy (non-hydrogen) atoms. The van der Waals surface area contributed by atoms with Crippen molar-refractivity contribution in [1.29, 1.82) is 0 Å². The summed E-state index contributed by atoms with van der Waals surface area (Å²) in [4.78, 5) is 12.8. The first kappa shape index (κ1) is 23.1. The van der Waals surface area contributed by atoms with Gasteiger partial charge in [-0.25, -0.2) is 0 Å². The van der Waals surface area contributed by atoms with Crippen LogP contribution in [-0.2, 0) is 6.42 Å². The van der Waals surface area contributed by atoms with E-state index >= 15 is 0 Å². The van der Waals surface area contributed by atoms with E-state index in [0.29, 0.717) is 11.5 Å². The summed E-state index contributed by atoms with van der Waals surface area (Å²) in [5.74, 6) is 0.235. The highest BCUT2D eigenvalue weighted by atomic mass is 35.5. The molecule has 0 heterocycles. The number of carbonyl (C=O) groups excluding carboxylic acids is 1. The van der Waals surface area contributed by atoms with Crippen LogP contribution in [0.1, 0.15) is 33.8 Å². The first-order valence-electron chi connectivity index (χ1n) is 11.7. The van der Waals surface area contributed by atoms with Gasteiger partial charge < -0.3 is 11.1 Å². The lowest BCUT2D eigenvalue weighted by Crippen LogP contribution is -2.27. The second-order valence-corrected chi connectivity index (χ2v) is 9.49. The molecule has 5 aromatic carbocycles. The predicted molar refractivity (Wildman–Crippen MR) is 148 cm³/mol.